The van der Waals surface area contributed by atoms with Gasteiger partial charge in [0.2, 0.25) is 5.90 Å². The van der Waals surface area contributed by atoms with Crippen molar-refractivity contribution in [3.8, 4) is 0 Å². The van der Waals surface area contributed by atoms with E-state index in [4.69, 9.17) is 4.74 Å². The molecule has 0 saturated carbocycles. The highest BCUT2D eigenvalue weighted by atomic mass is 33.1. The Balaban J connectivity index is 1.70. The SMILES string of the molecule is CC(C)SSCc1ccc(C2COC(c3c(F)cccc3F)=N2)cc1. The Kier molecular flexibility index (Phi) is 6.02. The van der Waals surface area contributed by atoms with Crippen molar-refractivity contribution in [2.45, 2.75) is 30.9 Å². The smallest absolute Gasteiger partial charge is 0.222 e. The molecule has 3 rings (SSSR count). The van der Waals surface area contributed by atoms with Crippen LogP contribution in [0.2, 0.25) is 0 Å². The second kappa shape index (κ2) is 8.23. The normalized spacial score (nSPS) is 16.8. The van der Waals surface area contributed by atoms with E-state index in [9.17, 15) is 8.78 Å². The first-order valence-corrected chi connectivity index (χ1v) is 10.4. The van der Waals surface area contributed by atoms with Crippen molar-refractivity contribution in [2.24, 2.45) is 4.99 Å². The molecule has 25 heavy (non-hydrogen) atoms. The molecule has 0 spiro atoms. The van der Waals surface area contributed by atoms with Gasteiger partial charge in [0.25, 0.3) is 0 Å². The quantitative estimate of drug-likeness (QED) is 0.595. The summed E-state index contributed by atoms with van der Waals surface area (Å²) in [5.41, 5.74) is 2.03. The first kappa shape index (κ1) is 18.3. The van der Waals surface area contributed by atoms with Crippen LogP contribution in [0.4, 0.5) is 8.78 Å². The molecule has 0 amide bonds. The van der Waals surface area contributed by atoms with Crippen LogP contribution < -0.4 is 0 Å². The predicted molar refractivity (Wildman–Crippen MR) is 102 cm³/mol. The molecule has 0 fully saturated rings. The van der Waals surface area contributed by atoms with Gasteiger partial charge in [-0.15, -0.1) is 0 Å². The van der Waals surface area contributed by atoms with Crippen LogP contribution in [0.25, 0.3) is 0 Å². The first-order chi connectivity index (χ1) is 12.0. The van der Waals surface area contributed by atoms with Gasteiger partial charge in [0.1, 0.15) is 29.8 Å². The van der Waals surface area contributed by atoms with E-state index >= 15 is 0 Å². The molecule has 0 saturated heterocycles. The summed E-state index contributed by atoms with van der Waals surface area (Å²) in [7, 11) is 3.69. The van der Waals surface area contributed by atoms with Crippen LogP contribution in [0.5, 0.6) is 0 Å². The summed E-state index contributed by atoms with van der Waals surface area (Å²) in [6.45, 7) is 4.64. The second-order valence-electron chi connectivity index (χ2n) is 6.01. The minimum Gasteiger partial charge on any atom is -0.475 e. The molecule has 0 aromatic heterocycles. The number of halogens is 2. The molecule has 0 aliphatic carbocycles. The number of aliphatic imine (C=N–C) groups is 1. The molecular formula is C19H19F2NOS2. The highest BCUT2D eigenvalue weighted by Gasteiger charge is 2.26. The van der Waals surface area contributed by atoms with Crippen molar-refractivity contribution in [3.63, 3.8) is 0 Å². The van der Waals surface area contributed by atoms with Gasteiger partial charge in [-0.1, -0.05) is 65.8 Å². The molecule has 2 aromatic carbocycles. The number of benzene rings is 2. The average molecular weight is 379 g/mol. The molecule has 0 radical (unpaired) electrons. The molecule has 1 atom stereocenters. The van der Waals surface area contributed by atoms with Crippen LogP contribution in [0.15, 0.2) is 47.5 Å². The summed E-state index contributed by atoms with van der Waals surface area (Å²) >= 11 is 0. The third-order valence-corrected chi connectivity index (χ3v) is 6.57. The van der Waals surface area contributed by atoms with E-state index in [2.05, 4.69) is 31.0 Å². The average Bonchev–Trinajstić information content (AvgIpc) is 3.04. The standard InChI is InChI=1S/C19H19F2NOS2/c1-12(2)25-24-11-13-6-8-14(9-7-13)17-10-23-19(22-17)18-15(20)4-3-5-16(18)21/h3-9,12,17H,10-11H2,1-2H3. The zero-order valence-corrected chi connectivity index (χ0v) is 15.7. The molecule has 1 unspecified atom stereocenters. The van der Waals surface area contributed by atoms with Gasteiger partial charge in [-0.2, -0.15) is 0 Å². The van der Waals surface area contributed by atoms with Crippen LogP contribution in [0.1, 0.15) is 36.6 Å². The van der Waals surface area contributed by atoms with Crippen molar-refractivity contribution >= 4 is 27.5 Å². The van der Waals surface area contributed by atoms with Crippen LogP contribution in [-0.2, 0) is 10.5 Å². The first-order valence-electron chi connectivity index (χ1n) is 8.06. The topological polar surface area (TPSA) is 21.6 Å². The lowest BCUT2D eigenvalue weighted by molar-refractivity contribution is 0.317. The van der Waals surface area contributed by atoms with Crippen molar-refractivity contribution in [2.75, 3.05) is 6.61 Å². The maximum atomic E-state index is 13.9. The highest BCUT2D eigenvalue weighted by molar-refractivity contribution is 8.76. The summed E-state index contributed by atoms with van der Waals surface area (Å²) in [6, 6.07) is 11.7. The minimum absolute atomic E-state index is 0.0357. The van der Waals surface area contributed by atoms with Gasteiger partial charge in [-0.25, -0.2) is 13.8 Å². The number of ether oxygens (including phenoxy) is 1. The molecule has 1 aliphatic rings. The van der Waals surface area contributed by atoms with Gasteiger partial charge < -0.3 is 4.74 Å². The Morgan fingerprint density at radius 2 is 1.80 bits per heavy atom. The fourth-order valence-corrected chi connectivity index (χ4v) is 4.56. The zero-order chi connectivity index (χ0) is 17.8. The van der Waals surface area contributed by atoms with Gasteiger partial charge in [0, 0.05) is 11.0 Å². The van der Waals surface area contributed by atoms with E-state index in [-0.39, 0.29) is 17.5 Å². The van der Waals surface area contributed by atoms with Crippen LogP contribution in [0.3, 0.4) is 0 Å². The van der Waals surface area contributed by atoms with Crippen LogP contribution in [-0.4, -0.2) is 17.8 Å². The molecule has 132 valence electrons. The number of hydrogen-bond donors (Lipinski definition) is 0. The summed E-state index contributed by atoms with van der Waals surface area (Å²) < 4.78 is 33.2. The van der Waals surface area contributed by atoms with Crippen molar-refractivity contribution < 1.29 is 13.5 Å². The lowest BCUT2D eigenvalue weighted by atomic mass is 10.1. The highest BCUT2D eigenvalue weighted by Crippen LogP contribution is 2.31. The summed E-state index contributed by atoms with van der Waals surface area (Å²) in [6.07, 6.45) is 0. The largest absolute Gasteiger partial charge is 0.475 e. The Morgan fingerprint density at radius 3 is 2.44 bits per heavy atom. The molecule has 2 aromatic rings. The third-order valence-electron chi connectivity index (χ3n) is 3.68. The Bertz CT molecular complexity index is 742. The van der Waals surface area contributed by atoms with Gasteiger partial charge in [0.05, 0.1) is 0 Å². The molecular weight excluding hydrogens is 360 g/mol. The van der Waals surface area contributed by atoms with E-state index in [1.54, 1.807) is 0 Å². The van der Waals surface area contributed by atoms with Crippen LogP contribution in [0, 0.1) is 11.6 Å². The fraction of sp³-hybridized carbons (Fsp3) is 0.316. The monoisotopic (exact) mass is 379 g/mol. The predicted octanol–water partition coefficient (Wildman–Crippen LogP) is 5.77. The van der Waals surface area contributed by atoms with Gasteiger partial charge >= 0.3 is 0 Å². The van der Waals surface area contributed by atoms with E-state index < -0.39 is 11.6 Å². The molecule has 0 N–H and O–H groups in total. The Hall–Kier alpha value is -1.53. The summed E-state index contributed by atoms with van der Waals surface area (Å²) in [4.78, 5) is 4.37. The molecule has 2 nitrogen and oxygen atoms in total. The van der Waals surface area contributed by atoms with E-state index in [0.717, 1.165) is 11.3 Å². The van der Waals surface area contributed by atoms with Crippen molar-refractivity contribution in [1.29, 1.82) is 0 Å². The van der Waals surface area contributed by atoms with Gasteiger partial charge in [-0.05, 0) is 23.3 Å². The minimum atomic E-state index is -0.658. The molecule has 0 bridgehead atoms. The maximum Gasteiger partial charge on any atom is 0.222 e. The van der Waals surface area contributed by atoms with Crippen molar-refractivity contribution in [3.05, 3.63) is 70.8 Å². The fourth-order valence-electron chi connectivity index (χ4n) is 2.46. The number of nitrogens with zero attached hydrogens (tertiary/aromatic N) is 1. The lowest BCUT2D eigenvalue weighted by Gasteiger charge is -2.07. The second-order valence-corrected chi connectivity index (χ2v) is 8.95. The van der Waals surface area contributed by atoms with E-state index in [0.29, 0.717) is 11.9 Å². The van der Waals surface area contributed by atoms with Gasteiger partial charge in [-0.3, -0.25) is 0 Å². The molecule has 6 heteroatoms. The molecule has 1 heterocycles. The molecule has 1 aliphatic heterocycles. The van der Waals surface area contributed by atoms with E-state index in [1.807, 2.05) is 33.7 Å². The van der Waals surface area contributed by atoms with Gasteiger partial charge in [0.15, 0.2) is 0 Å². The third kappa shape index (κ3) is 4.55. The summed E-state index contributed by atoms with van der Waals surface area (Å²) in [5, 5.41) is 0.603. The zero-order valence-electron chi connectivity index (χ0n) is 14.0. The number of rotatable bonds is 6. The maximum absolute atomic E-state index is 13.9. The Labute approximate surface area is 154 Å². The number of hydrogen-bond acceptors (Lipinski definition) is 4. The summed E-state index contributed by atoms with van der Waals surface area (Å²) in [5.74, 6) is -0.336. The Morgan fingerprint density at radius 1 is 1.12 bits per heavy atom. The van der Waals surface area contributed by atoms with Crippen molar-refractivity contribution in [1.82, 2.24) is 0 Å². The lowest BCUT2D eigenvalue weighted by Crippen LogP contribution is -2.07. The van der Waals surface area contributed by atoms with E-state index in [1.165, 1.54) is 23.8 Å². The van der Waals surface area contributed by atoms with Crippen LogP contribution >= 0.6 is 21.6 Å².